The highest BCUT2D eigenvalue weighted by Gasteiger charge is 2.48. The van der Waals surface area contributed by atoms with Gasteiger partial charge in [0.05, 0.1) is 5.41 Å². The molecule has 0 amide bonds. The molecule has 5 heteroatoms. The Morgan fingerprint density at radius 1 is 1.21 bits per heavy atom. The van der Waals surface area contributed by atoms with Crippen molar-refractivity contribution in [2.24, 2.45) is 13.0 Å². The molecule has 3 rings (SSSR count). The highest BCUT2D eigenvalue weighted by Crippen LogP contribution is 2.52. The fourth-order valence-corrected chi connectivity index (χ4v) is 4.52. The van der Waals surface area contributed by atoms with Crippen molar-refractivity contribution >= 4 is 31.9 Å². The van der Waals surface area contributed by atoms with E-state index in [1.807, 2.05) is 11.6 Å². The third kappa shape index (κ3) is 2.17. The molecule has 19 heavy (non-hydrogen) atoms. The van der Waals surface area contributed by atoms with Crippen molar-refractivity contribution in [3.63, 3.8) is 0 Å². The second-order valence-electron chi connectivity index (χ2n) is 5.52. The van der Waals surface area contributed by atoms with E-state index in [1.54, 1.807) is 6.33 Å². The lowest BCUT2D eigenvalue weighted by Crippen LogP contribution is -2.43. The molecule has 0 spiro atoms. The Balaban J connectivity index is 2.14. The summed E-state index contributed by atoms with van der Waals surface area (Å²) in [4.78, 5) is 0. The molecule has 0 saturated heterocycles. The maximum atomic E-state index is 4.36. The van der Waals surface area contributed by atoms with Crippen molar-refractivity contribution in [1.82, 2.24) is 14.8 Å². The number of nitrogens with zero attached hydrogens (tertiary/aromatic N) is 3. The van der Waals surface area contributed by atoms with E-state index in [0.717, 1.165) is 33.5 Å². The summed E-state index contributed by atoms with van der Waals surface area (Å²) in [6.45, 7) is 2.29. The summed E-state index contributed by atoms with van der Waals surface area (Å²) in [5, 5.41) is 8.42. The SMILES string of the molecule is CC1CC(c2cc(Br)cc(Br)c2)(c2nncn2C)C1. The average Bonchev–Trinajstić information content (AvgIpc) is 2.70. The fraction of sp³-hybridized carbons (Fsp3) is 0.429. The van der Waals surface area contributed by atoms with Crippen LogP contribution in [0.15, 0.2) is 33.5 Å². The molecule has 1 aromatic carbocycles. The largest absolute Gasteiger partial charge is 0.320 e. The van der Waals surface area contributed by atoms with Crippen molar-refractivity contribution in [2.45, 2.75) is 25.2 Å². The van der Waals surface area contributed by atoms with Crippen molar-refractivity contribution in [1.29, 1.82) is 0 Å². The normalized spacial score (nSPS) is 26.2. The Kier molecular flexibility index (Phi) is 3.29. The average molecular weight is 385 g/mol. The Labute approximate surface area is 129 Å². The number of aromatic nitrogens is 3. The molecule has 0 atom stereocenters. The highest BCUT2D eigenvalue weighted by atomic mass is 79.9. The van der Waals surface area contributed by atoms with Gasteiger partial charge in [-0.1, -0.05) is 38.8 Å². The molecule has 1 heterocycles. The zero-order valence-electron chi connectivity index (χ0n) is 10.9. The Hall–Kier alpha value is -0.680. The molecule has 0 aliphatic heterocycles. The summed E-state index contributed by atoms with van der Waals surface area (Å²) >= 11 is 7.17. The van der Waals surface area contributed by atoms with Crippen molar-refractivity contribution in [2.75, 3.05) is 0 Å². The van der Waals surface area contributed by atoms with Crippen LogP contribution in [0.25, 0.3) is 0 Å². The highest BCUT2D eigenvalue weighted by molar-refractivity contribution is 9.11. The van der Waals surface area contributed by atoms with Crippen molar-refractivity contribution in [3.8, 4) is 0 Å². The first-order chi connectivity index (χ1) is 9.01. The van der Waals surface area contributed by atoms with Crippen LogP contribution < -0.4 is 0 Å². The standard InChI is InChI=1S/C14H15Br2N3/c1-9-6-14(7-9,13-18-17-8-19(13)2)10-3-11(15)5-12(16)4-10/h3-5,8-9H,6-7H2,1-2H3. The zero-order chi connectivity index (χ0) is 13.6. The Bertz CT molecular complexity index is 595. The van der Waals surface area contributed by atoms with Gasteiger partial charge in [-0.3, -0.25) is 0 Å². The summed E-state index contributed by atoms with van der Waals surface area (Å²) in [6, 6.07) is 6.46. The van der Waals surface area contributed by atoms with E-state index >= 15 is 0 Å². The van der Waals surface area contributed by atoms with Gasteiger partial charge >= 0.3 is 0 Å². The summed E-state index contributed by atoms with van der Waals surface area (Å²) < 4.78 is 4.23. The van der Waals surface area contributed by atoms with Crippen LogP contribution in [-0.2, 0) is 12.5 Å². The molecule has 100 valence electrons. The lowest BCUT2D eigenvalue weighted by molar-refractivity contribution is 0.185. The van der Waals surface area contributed by atoms with Crippen LogP contribution in [0.5, 0.6) is 0 Å². The lowest BCUT2D eigenvalue weighted by atomic mass is 9.58. The number of hydrogen-bond acceptors (Lipinski definition) is 2. The minimum Gasteiger partial charge on any atom is -0.320 e. The maximum absolute atomic E-state index is 4.36. The quantitative estimate of drug-likeness (QED) is 0.781. The van der Waals surface area contributed by atoms with Crippen LogP contribution in [0.3, 0.4) is 0 Å². The second-order valence-corrected chi connectivity index (χ2v) is 7.35. The van der Waals surface area contributed by atoms with Crippen LogP contribution >= 0.6 is 31.9 Å². The summed E-state index contributed by atoms with van der Waals surface area (Å²) in [6.07, 6.45) is 4.04. The first-order valence-electron chi connectivity index (χ1n) is 6.32. The number of halogens is 2. The summed E-state index contributed by atoms with van der Waals surface area (Å²) in [7, 11) is 2.02. The predicted molar refractivity (Wildman–Crippen MR) is 82.0 cm³/mol. The molecule has 1 aliphatic rings. The molecule has 0 unspecified atom stereocenters. The van der Waals surface area contributed by atoms with E-state index in [0.29, 0.717) is 0 Å². The predicted octanol–water partition coefficient (Wildman–Crippen LogP) is 4.06. The fourth-order valence-electron chi connectivity index (χ4n) is 3.22. The molecule has 2 aromatic rings. The van der Waals surface area contributed by atoms with Crippen LogP contribution in [0.4, 0.5) is 0 Å². The van der Waals surface area contributed by atoms with Crippen LogP contribution in [0.2, 0.25) is 0 Å². The van der Waals surface area contributed by atoms with Crippen LogP contribution in [0.1, 0.15) is 31.2 Å². The third-order valence-corrected chi connectivity index (χ3v) is 4.86. The molecule has 1 saturated carbocycles. The smallest absolute Gasteiger partial charge is 0.143 e. The van der Waals surface area contributed by atoms with Crippen molar-refractivity contribution in [3.05, 3.63) is 44.9 Å². The summed E-state index contributed by atoms with van der Waals surface area (Å²) in [5.41, 5.74) is 1.32. The van der Waals surface area contributed by atoms with Gasteiger partial charge in [0.15, 0.2) is 0 Å². The minimum absolute atomic E-state index is 0.0109. The molecule has 0 radical (unpaired) electrons. The first kappa shape index (κ1) is 13.3. The van der Waals surface area contributed by atoms with E-state index in [-0.39, 0.29) is 5.41 Å². The van der Waals surface area contributed by atoms with Gasteiger partial charge in [0.2, 0.25) is 0 Å². The van der Waals surface area contributed by atoms with Gasteiger partial charge in [-0.2, -0.15) is 0 Å². The van der Waals surface area contributed by atoms with Crippen molar-refractivity contribution < 1.29 is 0 Å². The van der Waals surface area contributed by atoms with Crippen LogP contribution in [0, 0.1) is 5.92 Å². The van der Waals surface area contributed by atoms with Gasteiger partial charge in [0.1, 0.15) is 12.2 Å². The number of benzene rings is 1. The molecule has 1 aromatic heterocycles. The molecular weight excluding hydrogens is 370 g/mol. The molecule has 1 aliphatic carbocycles. The number of rotatable bonds is 2. The van der Waals surface area contributed by atoms with E-state index < -0.39 is 0 Å². The van der Waals surface area contributed by atoms with Crippen LogP contribution in [-0.4, -0.2) is 14.8 Å². The zero-order valence-corrected chi connectivity index (χ0v) is 14.1. The molecule has 0 bridgehead atoms. The molecular formula is C14H15Br2N3. The number of aryl methyl sites for hydroxylation is 1. The van der Waals surface area contributed by atoms with Gasteiger partial charge in [-0.15, -0.1) is 10.2 Å². The van der Waals surface area contributed by atoms with Gasteiger partial charge in [-0.25, -0.2) is 0 Å². The topological polar surface area (TPSA) is 30.7 Å². The van der Waals surface area contributed by atoms with E-state index in [4.69, 9.17) is 0 Å². The first-order valence-corrected chi connectivity index (χ1v) is 7.91. The van der Waals surface area contributed by atoms with E-state index in [1.165, 1.54) is 5.56 Å². The number of hydrogen-bond donors (Lipinski definition) is 0. The summed E-state index contributed by atoms with van der Waals surface area (Å²) in [5.74, 6) is 1.80. The second kappa shape index (κ2) is 4.70. The van der Waals surface area contributed by atoms with Gasteiger partial charge in [0, 0.05) is 16.0 Å². The van der Waals surface area contributed by atoms with Gasteiger partial charge in [-0.05, 0) is 42.5 Å². The molecule has 1 fully saturated rings. The van der Waals surface area contributed by atoms with E-state index in [9.17, 15) is 0 Å². The van der Waals surface area contributed by atoms with Gasteiger partial charge in [0.25, 0.3) is 0 Å². The monoisotopic (exact) mass is 383 g/mol. The lowest BCUT2D eigenvalue weighted by Gasteiger charge is -2.46. The van der Waals surface area contributed by atoms with E-state index in [2.05, 4.69) is 67.2 Å². The van der Waals surface area contributed by atoms with Gasteiger partial charge < -0.3 is 4.57 Å². The molecule has 0 N–H and O–H groups in total. The Morgan fingerprint density at radius 2 is 1.84 bits per heavy atom. The Morgan fingerprint density at radius 3 is 2.32 bits per heavy atom. The molecule has 3 nitrogen and oxygen atoms in total. The minimum atomic E-state index is 0.0109. The maximum Gasteiger partial charge on any atom is 0.143 e. The third-order valence-electron chi connectivity index (χ3n) is 3.95.